The highest BCUT2D eigenvalue weighted by molar-refractivity contribution is 5.76. The first-order valence-electron chi connectivity index (χ1n) is 8.44. The average molecular weight is 344 g/mol. The number of amides is 1. The first-order valence-corrected chi connectivity index (χ1v) is 8.44. The Morgan fingerprint density at radius 3 is 2.96 bits per heavy atom. The highest BCUT2D eigenvalue weighted by Gasteiger charge is 2.36. The van der Waals surface area contributed by atoms with Gasteiger partial charge in [0.1, 0.15) is 11.4 Å². The minimum atomic E-state index is -0.933. The number of aromatic nitrogens is 4. The monoisotopic (exact) mass is 344 g/mol. The summed E-state index contributed by atoms with van der Waals surface area (Å²) in [7, 11) is 1.87. The summed E-state index contributed by atoms with van der Waals surface area (Å²) in [6.45, 7) is 3.32. The topological polar surface area (TPSA) is 96.2 Å². The van der Waals surface area contributed by atoms with E-state index >= 15 is 0 Å². The minimum absolute atomic E-state index is 0.0605. The maximum atomic E-state index is 12.1. The van der Waals surface area contributed by atoms with Crippen molar-refractivity contribution in [3.05, 3.63) is 36.0 Å². The van der Waals surface area contributed by atoms with Gasteiger partial charge < -0.3 is 15.3 Å². The molecule has 3 rings (SSSR count). The number of aliphatic hydroxyl groups is 1. The SMILES string of the molecule is Cc1nn(C)cc1CCC(=O)NC[C@]1(O)CCN(c2cnccn2)C1. The number of nitrogens with zero attached hydrogens (tertiary/aromatic N) is 5. The predicted octanol–water partition coefficient (Wildman–Crippen LogP) is 0.209. The number of rotatable bonds is 6. The van der Waals surface area contributed by atoms with E-state index in [1.54, 1.807) is 23.3 Å². The molecular weight excluding hydrogens is 320 g/mol. The molecule has 1 atom stereocenters. The molecule has 0 saturated carbocycles. The van der Waals surface area contributed by atoms with Gasteiger partial charge in [-0.1, -0.05) is 0 Å². The Labute approximate surface area is 146 Å². The number of carbonyl (C=O) groups is 1. The summed E-state index contributed by atoms with van der Waals surface area (Å²) in [5, 5.41) is 17.8. The van der Waals surface area contributed by atoms with Gasteiger partial charge >= 0.3 is 0 Å². The second-order valence-corrected chi connectivity index (χ2v) is 6.65. The van der Waals surface area contributed by atoms with Crippen LogP contribution in [0.25, 0.3) is 0 Å². The Hall–Kier alpha value is -2.48. The molecule has 0 radical (unpaired) electrons. The third-order valence-electron chi connectivity index (χ3n) is 4.56. The van der Waals surface area contributed by atoms with Crippen LogP contribution in [0.1, 0.15) is 24.1 Å². The van der Waals surface area contributed by atoms with E-state index in [4.69, 9.17) is 0 Å². The van der Waals surface area contributed by atoms with Crippen molar-refractivity contribution in [2.45, 2.75) is 31.8 Å². The smallest absolute Gasteiger partial charge is 0.220 e. The van der Waals surface area contributed by atoms with E-state index in [9.17, 15) is 9.90 Å². The lowest BCUT2D eigenvalue weighted by Crippen LogP contribution is -2.45. The molecule has 1 saturated heterocycles. The standard InChI is InChI=1S/C17H24N6O2/c1-13-14(10-22(2)21-13)3-4-16(24)20-11-17(25)5-8-23(12-17)15-9-18-6-7-19-15/h6-7,9-10,25H,3-5,8,11-12H2,1-2H3,(H,20,24)/t17-/m1/s1. The minimum Gasteiger partial charge on any atom is -0.386 e. The zero-order valence-electron chi connectivity index (χ0n) is 14.6. The third-order valence-corrected chi connectivity index (χ3v) is 4.56. The van der Waals surface area contributed by atoms with Crippen molar-refractivity contribution in [1.29, 1.82) is 0 Å². The fourth-order valence-corrected chi connectivity index (χ4v) is 3.14. The Kier molecular flexibility index (Phi) is 4.98. The molecule has 25 heavy (non-hydrogen) atoms. The van der Waals surface area contributed by atoms with Crippen LogP contribution >= 0.6 is 0 Å². The molecule has 134 valence electrons. The molecule has 2 aromatic heterocycles. The molecule has 8 nitrogen and oxygen atoms in total. The third kappa shape index (κ3) is 4.33. The lowest BCUT2D eigenvalue weighted by molar-refractivity contribution is -0.122. The second-order valence-electron chi connectivity index (χ2n) is 6.65. The number of β-amino-alcohol motifs (C(OH)–C–C–N with tert-alkyl or cyclic N) is 1. The van der Waals surface area contributed by atoms with E-state index in [2.05, 4.69) is 20.4 Å². The molecule has 1 fully saturated rings. The van der Waals surface area contributed by atoms with Crippen molar-refractivity contribution >= 4 is 11.7 Å². The van der Waals surface area contributed by atoms with Gasteiger partial charge in [-0.3, -0.25) is 14.5 Å². The summed E-state index contributed by atoms with van der Waals surface area (Å²) >= 11 is 0. The highest BCUT2D eigenvalue weighted by Crippen LogP contribution is 2.24. The molecule has 1 aliphatic rings. The number of hydrogen-bond acceptors (Lipinski definition) is 6. The number of carbonyl (C=O) groups excluding carboxylic acids is 1. The largest absolute Gasteiger partial charge is 0.386 e. The summed E-state index contributed by atoms with van der Waals surface area (Å²) < 4.78 is 1.75. The summed E-state index contributed by atoms with van der Waals surface area (Å²) in [5.41, 5.74) is 1.09. The summed E-state index contributed by atoms with van der Waals surface area (Å²) in [4.78, 5) is 22.4. The normalized spacial score (nSPS) is 20.0. The van der Waals surface area contributed by atoms with E-state index in [1.165, 1.54) is 0 Å². The number of aryl methyl sites for hydroxylation is 3. The molecule has 0 unspecified atom stereocenters. The quantitative estimate of drug-likeness (QED) is 0.778. The number of anilines is 1. The van der Waals surface area contributed by atoms with Crippen molar-refractivity contribution < 1.29 is 9.90 Å². The first-order chi connectivity index (χ1) is 12.0. The van der Waals surface area contributed by atoms with Gasteiger partial charge in [-0.25, -0.2) is 4.98 Å². The zero-order valence-corrected chi connectivity index (χ0v) is 14.6. The molecule has 2 N–H and O–H groups in total. The fourth-order valence-electron chi connectivity index (χ4n) is 3.14. The van der Waals surface area contributed by atoms with Crippen LogP contribution in [0.5, 0.6) is 0 Å². The van der Waals surface area contributed by atoms with Gasteiger partial charge in [-0.2, -0.15) is 5.10 Å². The van der Waals surface area contributed by atoms with Crippen LogP contribution in [0.4, 0.5) is 5.82 Å². The van der Waals surface area contributed by atoms with Gasteiger partial charge in [0, 0.05) is 51.7 Å². The van der Waals surface area contributed by atoms with Gasteiger partial charge in [-0.15, -0.1) is 0 Å². The molecule has 2 aromatic rings. The fraction of sp³-hybridized carbons (Fsp3) is 0.529. The van der Waals surface area contributed by atoms with Crippen molar-refractivity contribution in [2.24, 2.45) is 7.05 Å². The maximum Gasteiger partial charge on any atom is 0.220 e. The van der Waals surface area contributed by atoms with Crippen LogP contribution in [0.15, 0.2) is 24.8 Å². The van der Waals surface area contributed by atoms with Crippen molar-refractivity contribution in [3.8, 4) is 0 Å². The van der Waals surface area contributed by atoms with Crippen molar-refractivity contribution in [1.82, 2.24) is 25.1 Å². The van der Waals surface area contributed by atoms with Gasteiger partial charge in [0.25, 0.3) is 0 Å². The lowest BCUT2D eigenvalue weighted by atomic mass is 10.0. The van der Waals surface area contributed by atoms with Crippen LogP contribution in [0, 0.1) is 6.92 Å². The number of hydrogen-bond donors (Lipinski definition) is 2. The van der Waals surface area contributed by atoms with Crippen molar-refractivity contribution in [3.63, 3.8) is 0 Å². The molecular formula is C17H24N6O2. The zero-order chi connectivity index (χ0) is 17.9. The molecule has 0 aromatic carbocycles. The van der Waals surface area contributed by atoms with E-state index < -0.39 is 5.60 Å². The van der Waals surface area contributed by atoms with Crippen molar-refractivity contribution in [2.75, 3.05) is 24.5 Å². The lowest BCUT2D eigenvalue weighted by Gasteiger charge is -2.24. The van der Waals surface area contributed by atoms with Crippen LogP contribution in [0.2, 0.25) is 0 Å². The Morgan fingerprint density at radius 2 is 2.28 bits per heavy atom. The van der Waals surface area contributed by atoms with E-state index in [0.29, 0.717) is 32.4 Å². The van der Waals surface area contributed by atoms with E-state index in [-0.39, 0.29) is 12.5 Å². The van der Waals surface area contributed by atoms with Crippen LogP contribution < -0.4 is 10.2 Å². The Bertz CT molecular complexity index is 732. The predicted molar refractivity (Wildman–Crippen MR) is 93.1 cm³/mol. The number of nitrogens with one attached hydrogen (secondary N) is 1. The summed E-state index contributed by atoms with van der Waals surface area (Å²) in [6.07, 6.45) is 8.50. The maximum absolute atomic E-state index is 12.1. The summed E-state index contributed by atoms with van der Waals surface area (Å²) in [5.74, 6) is 0.687. The second kappa shape index (κ2) is 7.18. The van der Waals surface area contributed by atoms with Gasteiger partial charge in [0.2, 0.25) is 5.91 Å². The van der Waals surface area contributed by atoms with E-state index in [0.717, 1.165) is 17.1 Å². The van der Waals surface area contributed by atoms with Gasteiger partial charge in [-0.05, 0) is 25.3 Å². The van der Waals surface area contributed by atoms with Gasteiger partial charge in [0.05, 0.1) is 11.9 Å². The molecule has 8 heteroatoms. The Morgan fingerprint density at radius 1 is 1.44 bits per heavy atom. The molecule has 0 spiro atoms. The molecule has 1 amide bonds. The first kappa shape index (κ1) is 17.3. The average Bonchev–Trinajstić information content (AvgIpc) is 3.15. The molecule has 3 heterocycles. The molecule has 0 aliphatic carbocycles. The molecule has 1 aliphatic heterocycles. The van der Waals surface area contributed by atoms with E-state index in [1.807, 2.05) is 25.1 Å². The van der Waals surface area contributed by atoms with Crippen LogP contribution in [-0.4, -0.2) is 56.0 Å². The van der Waals surface area contributed by atoms with Gasteiger partial charge in [0.15, 0.2) is 0 Å². The highest BCUT2D eigenvalue weighted by atomic mass is 16.3. The Balaban J connectivity index is 1.46. The van der Waals surface area contributed by atoms with Crippen LogP contribution in [-0.2, 0) is 18.3 Å². The summed E-state index contributed by atoms with van der Waals surface area (Å²) in [6, 6.07) is 0. The van der Waals surface area contributed by atoms with Crippen LogP contribution in [0.3, 0.4) is 0 Å². The molecule has 0 bridgehead atoms.